The molecule has 0 aliphatic carbocycles. The fourth-order valence-electron chi connectivity index (χ4n) is 0.397. The first-order valence-electron chi connectivity index (χ1n) is 3.11. The van der Waals surface area contributed by atoms with Gasteiger partial charge in [-0.05, 0) is 6.26 Å². The second kappa shape index (κ2) is 5.92. The van der Waals surface area contributed by atoms with Crippen LogP contribution >= 0.6 is 24.4 Å². The van der Waals surface area contributed by atoms with Crippen LogP contribution in [-0.4, -0.2) is 29.7 Å². The molecule has 1 amide bonds. The summed E-state index contributed by atoms with van der Waals surface area (Å²) in [4.78, 5) is 10.6. The normalized spacial score (nSPS) is 12.7. The number of rotatable bonds is 4. The van der Waals surface area contributed by atoms with Crippen molar-refractivity contribution in [2.24, 2.45) is 0 Å². The lowest BCUT2D eigenvalue weighted by Gasteiger charge is -2.07. The minimum absolute atomic E-state index is 0.00392. The molecule has 0 aromatic rings. The van der Waals surface area contributed by atoms with Crippen LogP contribution in [0.5, 0.6) is 0 Å². The number of carbonyl (C=O) groups excluding carboxylic acids is 1. The third-order valence-corrected chi connectivity index (χ3v) is 2.39. The summed E-state index contributed by atoms with van der Waals surface area (Å²) in [6.45, 7) is 2.81. The molecule has 0 aromatic heterocycles. The van der Waals surface area contributed by atoms with Gasteiger partial charge in [0.05, 0.1) is 5.75 Å². The van der Waals surface area contributed by atoms with Gasteiger partial charge in [-0.15, -0.1) is 0 Å². The zero-order valence-corrected chi connectivity index (χ0v) is 7.97. The molecule has 10 heavy (non-hydrogen) atoms. The van der Waals surface area contributed by atoms with Crippen LogP contribution in [-0.2, 0) is 4.79 Å². The minimum atomic E-state index is 0.00392. The molecule has 0 fully saturated rings. The fourth-order valence-corrected chi connectivity index (χ4v) is 0.759. The smallest absolute Gasteiger partial charge is 0.229 e. The van der Waals surface area contributed by atoms with Gasteiger partial charge in [0, 0.05) is 11.8 Å². The second-order valence-electron chi connectivity index (χ2n) is 2.01. The van der Waals surface area contributed by atoms with Crippen molar-refractivity contribution in [2.45, 2.75) is 12.2 Å². The van der Waals surface area contributed by atoms with E-state index in [-0.39, 0.29) is 11.7 Å². The summed E-state index contributed by atoms with van der Waals surface area (Å²) >= 11 is 5.57. The molecule has 0 radical (unpaired) electrons. The number of amides is 1. The van der Waals surface area contributed by atoms with Crippen LogP contribution in [0.1, 0.15) is 6.92 Å². The molecule has 0 saturated heterocycles. The molecule has 60 valence electrons. The van der Waals surface area contributed by atoms with Crippen molar-refractivity contribution in [1.29, 1.82) is 0 Å². The Kier molecular flexibility index (Phi) is 6.02. The molecule has 1 atom stereocenters. The molecule has 0 aromatic carbocycles. The topological polar surface area (TPSA) is 29.1 Å². The summed E-state index contributed by atoms with van der Waals surface area (Å²) < 4.78 is 0. The zero-order valence-electron chi connectivity index (χ0n) is 6.26. The van der Waals surface area contributed by atoms with Crippen LogP contribution in [0.2, 0.25) is 0 Å². The molecule has 2 nitrogen and oxygen atoms in total. The highest BCUT2D eigenvalue weighted by Gasteiger charge is 2.00. The Bertz CT molecular complexity index is 108. The van der Waals surface area contributed by atoms with E-state index in [1.807, 2.05) is 6.26 Å². The zero-order chi connectivity index (χ0) is 7.98. The molecule has 0 aliphatic heterocycles. The van der Waals surface area contributed by atoms with Gasteiger partial charge < -0.3 is 5.32 Å². The molecule has 0 bridgehead atoms. The Morgan fingerprint density at radius 2 is 2.40 bits per heavy atom. The lowest BCUT2D eigenvalue weighted by molar-refractivity contribution is -0.118. The van der Waals surface area contributed by atoms with E-state index >= 15 is 0 Å². The molecule has 1 N–H and O–H groups in total. The van der Waals surface area contributed by atoms with Crippen LogP contribution in [0.4, 0.5) is 0 Å². The lowest BCUT2D eigenvalue weighted by atomic mass is 10.4. The van der Waals surface area contributed by atoms with Gasteiger partial charge in [-0.2, -0.15) is 24.4 Å². The Balaban J connectivity index is 3.26. The number of nitrogens with one attached hydrogen (secondary N) is 1. The van der Waals surface area contributed by atoms with Gasteiger partial charge in [0.2, 0.25) is 5.91 Å². The molecular formula is C6H13NOS2. The second-order valence-corrected chi connectivity index (χ2v) is 3.60. The average molecular weight is 179 g/mol. The van der Waals surface area contributed by atoms with Crippen LogP contribution in [0.15, 0.2) is 0 Å². The highest BCUT2D eigenvalue weighted by Crippen LogP contribution is 2.01. The van der Waals surface area contributed by atoms with Crippen LogP contribution < -0.4 is 5.32 Å². The summed E-state index contributed by atoms with van der Waals surface area (Å²) in [7, 11) is 0. The fraction of sp³-hybridized carbons (Fsp3) is 0.833. The number of thiol groups is 1. The number of hydrogen-bond donors (Lipinski definition) is 2. The van der Waals surface area contributed by atoms with E-state index in [4.69, 9.17) is 0 Å². The standard InChI is InChI=1S/C6H13NOS2/c1-5(10-2)3-7-6(8)4-9/h5,9H,3-4H2,1-2H3,(H,7,8). The van der Waals surface area contributed by atoms with Crippen molar-refractivity contribution in [3.8, 4) is 0 Å². The Morgan fingerprint density at radius 3 is 2.80 bits per heavy atom. The van der Waals surface area contributed by atoms with E-state index in [0.29, 0.717) is 5.25 Å². The maximum absolute atomic E-state index is 10.6. The maximum Gasteiger partial charge on any atom is 0.229 e. The Labute approximate surface area is 71.6 Å². The number of hydrogen-bond acceptors (Lipinski definition) is 3. The molecule has 0 aliphatic rings. The summed E-state index contributed by atoms with van der Waals surface area (Å²) in [5, 5.41) is 3.24. The van der Waals surface area contributed by atoms with Crippen LogP contribution in [0.25, 0.3) is 0 Å². The number of thioether (sulfide) groups is 1. The first-order valence-corrected chi connectivity index (χ1v) is 5.03. The van der Waals surface area contributed by atoms with Gasteiger partial charge in [0.25, 0.3) is 0 Å². The predicted molar refractivity (Wildman–Crippen MR) is 49.8 cm³/mol. The molecule has 0 saturated carbocycles. The average Bonchev–Trinajstić information content (AvgIpc) is 1.99. The van der Waals surface area contributed by atoms with Gasteiger partial charge in [-0.1, -0.05) is 6.92 Å². The minimum Gasteiger partial charge on any atom is -0.354 e. The summed E-state index contributed by atoms with van der Waals surface area (Å²) in [5.74, 6) is 0.283. The molecule has 0 heterocycles. The van der Waals surface area contributed by atoms with Gasteiger partial charge in [-0.3, -0.25) is 4.79 Å². The highest BCUT2D eigenvalue weighted by atomic mass is 32.2. The monoisotopic (exact) mass is 179 g/mol. The maximum atomic E-state index is 10.6. The Morgan fingerprint density at radius 1 is 1.80 bits per heavy atom. The van der Waals surface area contributed by atoms with Crippen molar-refractivity contribution in [3.63, 3.8) is 0 Å². The van der Waals surface area contributed by atoms with Gasteiger partial charge >= 0.3 is 0 Å². The van der Waals surface area contributed by atoms with Crippen LogP contribution in [0, 0.1) is 0 Å². The number of carbonyl (C=O) groups is 1. The molecular weight excluding hydrogens is 166 g/mol. The van der Waals surface area contributed by atoms with Crippen molar-refractivity contribution in [3.05, 3.63) is 0 Å². The van der Waals surface area contributed by atoms with Crippen molar-refractivity contribution in [2.75, 3.05) is 18.6 Å². The summed E-state index contributed by atoms with van der Waals surface area (Å²) in [6, 6.07) is 0. The lowest BCUT2D eigenvalue weighted by Crippen LogP contribution is -2.30. The summed E-state index contributed by atoms with van der Waals surface area (Å²) in [6.07, 6.45) is 2.03. The van der Waals surface area contributed by atoms with E-state index < -0.39 is 0 Å². The van der Waals surface area contributed by atoms with Gasteiger partial charge in [0.1, 0.15) is 0 Å². The largest absolute Gasteiger partial charge is 0.354 e. The molecule has 0 rings (SSSR count). The summed E-state index contributed by atoms with van der Waals surface area (Å²) in [5.41, 5.74) is 0. The predicted octanol–water partition coefficient (Wildman–Crippen LogP) is 0.784. The molecule has 0 spiro atoms. The van der Waals surface area contributed by atoms with Crippen molar-refractivity contribution >= 4 is 30.3 Å². The van der Waals surface area contributed by atoms with Gasteiger partial charge in [0.15, 0.2) is 0 Å². The first kappa shape index (κ1) is 10.2. The quantitative estimate of drug-likeness (QED) is 0.625. The van der Waals surface area contributed by atoms with Crippen molar-refractivity contribution in [1.82, 2.24) is 5.32 Å². The third-order valence-electron chi connectivity index (χ3n) is 1.13. The van der Waals surface area contributed by atoms with E-state index in [0.717, 1.165) is 6.54 Å². The van der Waals surface area contributed by atoms with E-state index in [1.54, 1.807) is 11.8 Å². The first-order chi connectivity index (χ1) is 4.70. The molecule has 1 unspecified atom stereocenters. The van der Waals surface area contributed by atoms with Crippen molar-refractivity contribution < 1.29 is 4.79 Å². The Hall–Kier alpha value is 0.170. The van der Waals surface area contributed by atoms with E-state index in [2.05, 4.69) is 24.9 Å². The van der Waals surface area contributed by atoms with E-state index in [9.17, 15) is 4.79 Å². The SMILES string of the molecule is CSC(C)CNC(=O)CS. The van der Waals surface area contributed by atoms with Gasteiger partial charge in [-0.25, -0.2) is 0 Å². The van der Waals surface area contributed by atoms with E-state index in [1.165, 1.54) is 0 Å². The molecule has 4 heteroatoms. The third kappa shape index (κ3) is 4.99. The highest BCUT2D eigenvalue weighted by molar-refractivity contribution is 7.99. The van der Waals surface area contributed by atoms with Crippen LogP contribution in [0.3, 0.4) is 0 Å².